The number of aryl methyl sites for hydroxylation is 1. The lowest BCUT2D eigenvalue weighted by Crippen LogP contribution is -1.98. The predicted octanol–water partition coefficient (Wildman–Crippen LogP) is 7.67. The first-order chi connectivity index (χ1) is 15.4. The molecule has 32 heavy (non-hydrogen) atoms. The van der Waals surface area contributed by atoms with E-state index in [2.05, 4.69) is 6.92 Å². The van der Waals surface area contributed by atoms with Gasteiger partial charge in [0.25, 0.3) is 10.1 Å². The first-order valence-electron chi connectivity index (χ1n) is 12.0. The molecule has 0 heterocycles. The Balaban J connectivity index is 1.72. The van der Waals surface area contributed by atoms with Crippen LogP contribution in [0.1, 0.15) is 89.5 Å². The Labute approximate surface area is 193 Å². The maximum absolute atomic E-state index is 11.2. The smallest absolute Gasteiger partial charge is 0.294 e. The first kappa shape index (κ1) is 26.2. The van der Waals surface area contributed by atoms with Crippen LogP contribution in [0.3, 0.4) is 0 Å². The van der Waals surface area contributed by atoms with Gasteiger partial charge < -0.3 is 9.84 Å². The maximum Gasteiger partial charge on any atom is 0.294 e. The highest BCUT2D eigenvalue weighted by atomic mass is 32.2. The summed E-state index contributed by atoms with van der Waals surface area (Å²) < 4.78 is 37.4. The molecule has 0 aliphatic rings. The second kappa shape index (κ2) is 14.2. The van der Waals surface area contributed by atoms with Crippen LogP contribution in [-0.4, -0.2) is 18.1 Å². The number of para-hydroxylation sites is 1. The van der Waals surface area contributed by atoms with Crippen LogP contribution in [0, 0.1) is 0 Å². The number of benzene rings is 2. The summed E-state index contributed by atoms with van der Waals surface area (Å²) in [6.07, 6.45) is 16.6. The third-order valence-electron chi connectivity index (χ3n) is 5.72. The molecule has 0 saturated carbocycles. The molecule has 0 atom stereocenters. The monoisotopic (exact) mass is 462 g/mol. The topological polar surface area (TPSA) is 83.8 Å². The van der Waals surface area contributed by atoms with Gasteiger partial charge >= 0.3 is 0 Å². The number of unbranched alkanes of at least 4 members (excludes halogenated alkanes) is 11. The Hall–Kier alpha value is -2.05. The van der Waals surface area contributed by atoms with Crippen molar-refractivity contribution in [3.05, 3.63) is 48.0 Å². The Kier molecular flexibility index (Phi) is 11.6. The van der Waals surface area contributed by atoms with Crippen LogP contribution in [0.4, 0.5) is 0 Å². The van der Waals surface area contributed by atoms with E-state index in [0.29, 0.717) is 5.75 Å². The van der Waals surface area contributed by atoms with Crippen LogP contribution in [0.25, 0.3) is 0 Å². The number of rotatable bonds is 16. The predicted molar refractivity (Wildman–Crippen MR) is 129 cm³/mol. The van der Waals surface area contributed by atoms with Crippen LogP contribution in [0.5, 0.6) is 17.2 Å². The van der Waals surface area contributed by atoms with Gasteiger partial charge in [0, 0.05) is 6.07 Å². The van der Waals surface area contributed by atoms with Gasteiger partial charge in [-0.1, -0.05) is 95.8 Å². The van der Waals surface area contributed by atoms with Crippen molar-refractivity contribution in [2.45, 2.75) is 95.3 Å². The van der Waals surface area contributed by atoms with Crippen LogP contribution in [-0.2, 0) is 16.5 Å². The van der Waals surface area contributed by atoms with Crippen molar-refractivity contribution in [1.29, 1.82) is 0 Å². The molecule has 0 radical (unpaired) electrons. The average Bonchev–Trinajstić information content (AvgIpc) is 2.76. The quantitative estimate of drug-likeness (QED) is 0.197. The number of phenolic OH excluding ortho intramolecular Hbond substituents is 1. The molecule has 0 fully saturated rings. The lowest BCUT2D eigenvalue weighted by atomic mass is 10.0. The molecule has 0 aliphatic carbocycles. The first-order valence-corrected chi connectivity index (χ1v) is 13.4. The summed E-state index contributed by atoms with van der Waals surface area (Å²) >= 11 is 0. The van der Waals surface area contributed by atoms with Crippen LogP contribution in [0.2, 0.25) is 0 Å². The van der Waals surface area contributed by atoms with E-state index in [1.807, 2.05) is 24.3 Å². The molecular formula is C26H38O5S. The number of hydrogen-bond acceptors (Lipinski definition) is 4. The zero-order valence-corrected chi connectivity index (χ0v) is 20.1. The minimum Gasteiger partial charge on any atom is -0.504 e. The van der Waals surface area contributed by atoms with Crippen LogP contribution < -0.4 is 4.74 Å². The summed E-state index contributed by atoms with van der Waals surface area (Å²) in [6, 6.07) is 11.2. The molecule has 0 aromatic heterocycles. The Morgan fingerprint density at radius 3 is 1.88 bits per heavy atom. The zero-order chi connectivity index (χ0) is 23.2. The molecule has 0 bridgehead atoms. The van der Waals surface area contributed by atoms with Gasteiger partial charge in [-0.2, -0.15) is 8.42 Å². The summed E-state index contributed by atoms with van der Waals surface area (Å²) in [5.74, 6) is 0.463. The Morgan fingerprint density at radius 1 is 0.750 bits per heavy atom. The SMILES string of the molecule is CCCCCCCCCCCCCCc1ccccc1Oc1ccc(S(=O)(=O)O)cc1O. The minimum atomic E-state index is -4.37. The van der Waals surface area contributed by atoms with Gasteiger partial charge in [-0.25, -0.2) is 0 Å². The Bertz CT molecular complexity index is 908. The van der Waals surface area contributed by atoms with Gasteiger partial charge in [-0.05, 0) is 36.6 Å². The molecular weight excluding hydrogens is 424 g/mol. The molecule has 0 spiro atoms. The standard InChI is InChI=1S/C26H38O5S/c1-2-3-4-5-6-7-8-9-10-11-12-13-16-22-17-14-15-18-25(22)31-26-20-19-23(21-24(26)27)32(28,29)30/h14-15,17-21,27H,2-13,16H2,1H3,(H,28,29,30). The van der Waals surface area contributed by atoms with E-state index in [9.17, 15) is 13.5 Å². The zero-order valence-electron chi connectivity index (χ0n) is 19.3. The largest absolute Gasteiger partial charge is 0.504 e. The van der Waals surface area contributed by atoms with Crippen molar-refractivity contribution >= 4 is 10.1 Å². The molecule has 178 valence electrons. The van der Waals surface area contributed by atoms with E-state index in [1.165, 1.54) is 82.8 Å². The molecule has 0 amide bonds. The lowest BCUT2D eigenvalue weighted by Gasteiger charge is -2.12. The van der Waals surface area contributed by atoms with Crippen molar-refractivity contribution in [1.82, 2.24) is 0 Å². The third kappa shape index (κ3) is 9.61. The summed E-state index contributed by atoms with van der Waals surface area (Å²) in [5, 5.41) is 10.1. The van der Waals surface area contributed by atoms with Gasteiger partial charge in [-0.3, -0.25) is 4.55 Å². The number of aromatic hydroxyl groups is 1. The van der Waals surface area contributed by atoms with Crippen molar-refractivity contribution in [2.75, 3.05) is 0 Å². The molecule has 2 aromatic carbocycles. The fourth-order valence-corrected chi connectivity index (χ4v) is 4.33. The average molecular weight is 463 g/mol. The van der Waals surface area contributed by atoms with Crippen molar-refractivity contribution < 1.29 is 22.8 Å². The molecule has 2 rings (SSSR count). The van der Waals surface area contributed by atoms with Crippen molar-refractivity contribution in [3.8, 4) is 17.2 Å². The lowest BCUT2D eigenvalue weighted by molar-refractivity contribution is 0.406. The van der Waals surface area contributed by atoms with Crippen LogP contribution >= 0.6 is 0 Å². The molecule has 2 N–H and O–H groups in total. The van der Waals surface area contributed by atoms with E-state index in [1.54, 1.807) is 0 Å². The number of ether oxygens (including phenoxy) is 1. The second-order valence-corrected chi connectivity index (χ2v) is 9.88. The molecule has 6 heteroatoms. The minimum absolute atomic E-state index is 0.152. The number of hydrogen-bond donors (Lipinski definition) is 2. The normalized spacial score (nSPS) is 11.6. The van der Waals surface area contributed by atoms with Gasteiger partial charge in [-0.15, -0.1) is 0 Å². The molecule has 0 aliphatic heterocycles. The summed E-state index contributed by atoms with van der Waals surface area (Å²) in [4.78, 5) is -0.368. The van der Waals surface area contributed by atoms with Crippen LogP contribution in [0.15, 0.2) is 47.4 Å². The maximum atomic E-state index is 11.2. The molecule has 2 aromatic rings. The number of phenols is 1. The second-order valence-electron chi connectivity index (χ2n) is 8.45. The fourth-order valence-electron chi connectivity index (χ4n) is 3.83. The van der Waals surface area contributed by atoms with E-state index in [-0.39, 0.29) is 16.4 Å². The fraction of sp³-hybridized carbons (Fsp3) is 0.538. The van der Waals surface area contributed by atoms with E-state index < -0.39 is 10.1 Å². The van der Waals surface area contributed by atoms with E-state index in [0.717, 1.165) is 24.5 Å². The molecule has 5 nitrogen and oxygen atoms in total. The van der Waals surface area contributed by atoms with Crippen molar-refractivity contribution in [2.24, 2.45) is 0 Å². The highest BCUT2D eigenvalue weighted by molar-refractivity contribution is 7.85. The van der Waals surface area contributed by atoms with Gasteiger partial charge in [0.1, 0.15) is 5.75 Å². The van der Waals surface area contributed by atoms with Gasteiger partial charge in [0.05, 0.1) is 4.90 Å². The Morgan fingerprint density at radius 2 is 1.31 bits per heavy atom. The van der Waals surface area contributed by atoms with E-state index in [4.69, 9.17) is 9.29 Å². The summed E-state index contributed by atoms with van der Waals surface area (Å²) in [6.45, 7) is 2.25. The summed E-state index contributed by atoms with van der Waals surface area (Å²) in [7, 11) is -4.37. The summed E-state index contributed by atoms with van der Waals surface area (Å²) in [5.41, 5.74) is 1.05. The van der Waals surface area contributed by atoms with Crippen molar-refractivity contribution in [3.63, 3.8) is 0 Å². The highest BCUT2D eigenvalue weighted by Gasteiger charge is 2.14. The highest BCUT2D eigenvalue weighted by Crippen LogP contribution is 2.34. The molecule has 0 saturated heterocycles. The molecule has 0 unspecified atom stereocenters. The van der Waals surface area contributed by atoms with Gasteiger partial charge in [0.15, 0.2) is 11.5 Å². The van der Waals surface area contributed by atoms with E-state index >= 15 is 0 Å². The third-order valence-corrected chi connectivity index (χ3v) is 6.57. The van der Waals surface area contributed by atoms with Gasteiger partial charge in [0.2, 0.25) is 0 Å².